The lowest BCUT2D eigenvalue weighted by atomic mass is 9.65. The number of ketones is 1. The van der Waals surface area contributed by atoms with Crippen LogP contribution in [0.3, 0.4) is 0 Å². The summed E-state index contributed by atoms with van der Waals surface area (Å²) in [5.74, 6) is 0.187. The van der Waals surface area contributed by atoms with Crippen LogP contribution in [0.15, 0.2) is 23.3 Å². The van der Waals surface area contributed by atoms with Crippen molar-refractivity contribution in [2.45, 2.75) is 39.5 Å². The topological polar surface area (TPSA) is 17.1 Å². The van der Waals surface area contributed by atoms with Crippen molar-refractivity contribution in [2.75, 3.05) is 0 Å². The van der Waals surface area contributed by atoms with Gasteiger partial charge in [0.05, 0.1) is 0 Å². The standard InChI is InChI=1S/C12H16O/c1-9-7-11(13)8-10-5-3-4-6-12(9,10)2/h7-8H,3-6H2,1-2H3. The highest BCUT2D eigenvalue weighted by atomic mass is 16.1. The zero-order valence-corrected chi connectivity index (χ0v) is 8.39. The monoisotopic (exact) mass is 176 g/mol. The maximum absolute atomic E-state index is 11.3. The lowest BCUT2D eigenvalue weighted by Crippen LogP contribution is -2.28. The SMILES string of the molecule is CC1=CC(=O)C=C2CCCCC12C. The van der Waals surface area contributed by atoms with Crippen molar-refractivity contribution < 1.29 is 4.79 Å². The van der Waals surface area contributed by atoms with Gasteiger partial charge < -0.3 is 0 Å². The molecule has 70 valence electrons. The van der Waals surface area contributed by atoms with Crippen LogP contribution in [0.1, 0.15) is 39.5 Å². The molecule has 0 aromatic rings. The van der Waals surface area contributed by atoms with E-state index in [0.29, 0.717) is 0 Å². The fourth-order valence-corrected chi connectivity index (χ4v) is 2.50. The highest BCUT2D eigenvalue weighted by molar-refractivity contribution is 6.01. The summed E-state index contributed by atoms with van der Waals surface area (Å²) in [5, 5.41) is 0. The van der Waals surface area contributed by atoms with Gasteiger partial charge in [-0.2, -0.15) is 0 Å². The lowest BCUT2D eigenvalue weighted by molar-refractivity contribution is -0.110. The Hall–Kier alpha value is -0.850. The molecule has 0 heterocycles. The molecule has 0 amide bonds. The Balaban J connectivity index is 2.42. The number of carbonyl (C=O) groups is 1. The molecule has 0 bridgehead atoms. The molecule has 0 N–H and O–H groups in total. The van der Waals surface area contributed by atoms with E-state index in [1.807, 2.05) is 6.08 Å². The molecule has 0 aliphatic heterocycles. The minimum absolute atomic E-state index is 0.187. The number of rotatable bonds is 0. The van der Waals surface area contributed by atoms with Gasteiger partial charge in [-0.1, -0.05) is 24.5 Å². The van der Waals surface area contributed by atoms with Crippen LogP contribution in [-0.4, -0.2) is 5.78 Å². The van der Waals surface area contributed by atoms with Crippen LogP contribution in [0.25, 0.3) is 0 Å². The van der Waals surface area contributed by atoms with Gasteiger partial charge in [-0.05, 0) is 38.3 Å². The number of carbonyl (C=O) groups excluding carboxylic acids is 1. The maximum atomic E-state index is 11.3. The predicted octanol–water partition coefficient (Wildman–Crippen LogP) is 3.02. The first kappa shape index (κ1) is 8.74. The zero-order chi connectivity index (χ0) is 9.47. The van der Waals surface area contributed by atoms with Crippen molar-refractivity contribution in [2.24, 2.45) is 5.41 Å². The summed E-state index contributed by atoms with van der Waals surface area (Å²) in [4.78, 5) is 11.3. The van der Waals surface area contributed by atoms with Crippen LogP contribution in [-0.2, 0) is 4.79 Å². The molecule has 2 aliphatic rings. The van der Waals surface area contributed by atoms with Gasteiger partial charge >= 0.3 is 0 Å². The van der Waals surface area contributed by atoms with E-state index in [1.165, 1.54) is 30.4 Å². The molecule has 0 saturated heterocycles. The number of hydrogen-bond donors (Lipinski definition) is 0. The number of hydrogen-bond acceptors (Lipinski definition) is 1. The number of allylic oxidation sites excluding steroid dienone is 4. The van der Waals surface area contributed by atoms with Crippen molar-refractivity contribution >= 4 is 5.78 Å². The van der Waals surface area contributed by atoms with Crippen molar-refractivity contribution in [3.8, 4) is 0 Å². The lowest BCUT2D eigenvalue weighted by Gasteiger charge is -2.39. The highest BCUT2D eigenvalue weighted by Gasteiger charge is 2.35. The van der Waals surface area contributed by atoms with E-state index in [2.05, 4.69) is 13.8 Å². The first-order valence-corrected chi connectivity index (χ1v) is 5.07. The summed E-state index contributed by atoms with van der Waals surface area (Å²) in [6, 6.07) is 0. The van der Waals surface area contributed by atoms with Crippen LogP contribution in [0, 0.1) is 5.41 Å². The molecular formula is C12H16O. The Labute approximate surface area is 79.5 Å². The van der Waals surface area contributed by atoms with E-state index in [0.717, 1.165) is 6.42 Å². The fraction of sp³-hybridized carbons (Fsp3) is 0.583. The molecule has 1 nitrogen and oxygen atoms in total. The van der Waals surface area contributed by atoms with E-state index >= 15 is 0 Å². The molecule has 1 atom stereocenters. The Morgan fingerprint density at radius 1 is 1.31 bits per heavy atom. The van der Waals surface area contributed by atoms with Crippen LogP contribution in [0.2, 0.25) is 0 Å². The van der Waals surface area contributed by atoms with Gasteiger partial charge in [0.1, 0.15) is 0 Å². The first-order chi connectivity index (χ1) is 6.13. The molecular weight excluding hydrogens is 160 g/mol. The molecule has 2 aliphatic carbocycles. The van der Waals surface area contributed by atoms with Crippen LogP contribution >= 0.6 is 0 Å². The van der Waals surface area contributed by atoms with Gasteiger partial charge in [-0.3, -0.25) is 4.79 Å². The summed E-state index contributed by atoms with van der Waals surface area (Å²) >= 11 is 0. The largest absolute Gasteiger partial charge is 0.290 e. The minimum atomic E-state index is 0.187. The Bertz CT molecular complexity index is 309. The number of fused-ring (bicyclic) bond motifs is 1. The van der Waals surface area contributed by atoms with Crippen LogP contribution < -0.4 is 0 Å². The van der Waals surface area contributed by atoms with Crippen LogP contribution in [0.4, 0.5) is 0 Å². The molecule has 0 aromatic heterocycles. The van der Waals surface area contributed by atoms with Gasteiger partial charge in [0, 0.05) is 5.41 Å². The molecule has 0 spiro atoms. The third kappa shape index (κ3) is 1.27. The van der Waals surface area contributed by atoms with Crippen molar-refractivity contribution in [3.63, 3.8) is 0 Å². The average Bonchev–Trinajstić information content (AvgIpc) is 2.07. The Morgan fingerprint density at radius 2 is 2.08 bits per heavy atom. The highest BCUT2D eigenvalue weighted by Crippen LogP contribution is 2.47. The second kappa shape index (κ2) is 2.83. The summed E-state index contributed by atoms with van der Waals surface area (Å²) < 4.78 is 0. The molecule has 0 radical (unpaired) electrons. The van der Waals surface area contributed by atoms with Gasteiger partial charge in [0.2, 0.25) is 0 Å². The van der Waals surface area contributed by atoms with Gasteiger partial charge in [0.15, 0.2) is 5.78 Å². The quantitative estimate of drug-likeness (QED) is 0.554. The van der Waals surface area contributed by atoms with Crippen molar-refractivity contribution in [1.82, 2.24) is 0 Å². The second-order valence-corrected chi connectivity index (χ2v) is 4.44. The summed E-state index contributed by atoms with van der Waals surface area (Å²) in [7, 11) is 0. The third-order valence-corrected chi connectivity index (χ3v) is 3.63. The smallest absolute Gasteiger partial charge is 0.178 e. The van der Waals surface area contributed by atoms with Crippen molar-refractivity contribution in [3.05, 3.63) is 23.3 Å². The molecule has 2 rings (SSSR count). The van der Waals surface area contributed by atoms with Gasteiger partial charge in [-0.25, -0.2) is 0 Å². The van der Waals surface area contributed by atoms with Gasteiger partial charge in [0.25, 0.3) is 0 Å². The van der Waals surface area contributed by atoms with E-state index < -0.39 is 0 Å². The summed E-state index contributed by atoms with van der Waals surface area (Å²) in [5.41, 5.74) is 2.84. The Kier molecular flexibility index (Phi) is 1.90. The molecule has 1 fully saturated rings. The molecule has 13 heavy (non-hydrogen) atoms. The molecule has 1 saturated carbocycles. The van der Waals surface area contributed by atoms with Gasteiger partial charge in [-0.15, -0.1) is 0 Å². The van der Waals surface area contributed by atoms with E-state index in [9.17, 15) is 4.79 Å². The minimum Gasteiger partial charge on any atom is -0.290 e. The molecule has 1 unspecified atom stereocenters. The molecule has 1 heteroatoms. The summed E-state index contributed by atoms with van der Waals surface area (Å²) in [6.07, 6.45) is 8.54. The van der Waals surface area contributed by atoms with Crippen molar-refractivity contribution in [1.29, 1.82) is 0 Å². The van der Waals surface area contributed by atoms with E-state index in [4.69, 9.17) is 0 Å². The summed E-state index contributed by atoms with van der Waals surface area (Å²) in [6.45, 7) is 4.37. The first-order valence-electron chi connectivity index (χ1n) is 5.07. The third-order valence-electron chi connectivity index (χ3n) is 3.63. The average molecular weight is 176 g/mol. The van der Waals surface area contributed by atoms with E-state index in [-0.39, 0.29) is 11.2 Å². The fourth-order valence-electron chi connectivity index (χ4n) is 2.50. The van der Waals surface area contributed by atoms with E-state index in [1.54, 1.807) is 6.08 Å². The predicted molar refractivity (Wildman–Crippen MR) is 53.4 cm³/mol. The van der Waals surface area contributed by atoms with Crippen LogP contribution in [0.5, 0.6) is 0 Å². The zero-order valence-electron chi connectivity index (χ0n) is 8.39. The normalized spacial score (nSPS) is 33.5. The second-order valence-electron chi connectivity index (χ2n) is 4.44. The Morgan fingerprint density at radius 3 is 2.85 bits per heavy atom. The maximum Gasteiger partial charge on any atom is 0.178 e. The molecule has 0 aromatic carbocycles.